The van der Waals surface area contributed by atoms with E-state index >= 15 is 0 Å². The molecule has 5 nitrogen and oxygen atoms in total. The van der Waals surface area contributed by atoms with Crippen molar-refractivity contribution >= 4 is 11.9 Å². The van der Waals surface area contributed by atoms with Gasteiger partial charge in [-0.25, -0.2) is 9.59 Å². The topological polar surface area (TPSA) is 72.8 Å². The first-order chi connectivity index (χ1) is 11.3. The summed E-state index contributed by atoms with van der Waals surface area (Å²) in [4.78, 5) is 23.5. The van der Waals surface area contributed by atoms with E-state index in [1.54, 1.807) is 0 Å². The second-order valence-corrected chi connectivity index (χ2v) is 7.79. The van der Waals surface area contributed by atoms with Gasteiger partial charge in [0.1, 0.15) is 5.60 Å². The fourth-order valence-corrected chi connectivity index (χ4v) is 5.15. The number of ether oxygens (including phenoxy) is 2. The molecule has 0 aromatic rings. The second kappa shape index (κ2) is 6.03. The Hall–Kier alpha value is -1.62. The molecule has 3 unspecified atom stereocenters. The maximum atomic E-state index is 12.5. The molecular formula is C19H26O5. The molecule has 0 aromatic heterocycles. The zero-order chi connectivity index (χ0) is 17.5. The van der Waals surface area contributed by atoms with Crippen LogP contribution in [0.15, 0.2) is 24.8 Å². The molecule has 0 saturated heterocycles. The van der Waals surface area contributed by atoms with Gasteiger partial charge >= 0.3 is 11.9 Å². The summed E-state index contributed by atoms with van der Waals surface area (Å²) in [6.45, 7) is 9.16. The van der Waals surface area contributed by atoms with Crippen LogP contribution in [0.3, 0.4) is 0 Å². The lowest BCUT2D eigenvalue weighted by Crippen LogP contribution is -2.66. The molecule has 0 aromatic carbocycles. The van der Waals surface area contributed by atoms with E-state index in [0.717, 1.165) is 38.2 Å². The molecule has 4 fully saturated rings. The number of hydrogen-bond acceptors (Lipinski definition) is 5. The van der Waals surface area contributed by atoms with Crippen molar-refractivity contribution in [3.63, 3.8) is 0 Å². The number of aliphatic hydroxyl groups is 1. The molecule has 4 saturated carbocycles. The molecule has 4 aliphatic rings. The Labute approximate surface area is 142 Å². The Bertz CT molecular complexity index is 564. The van der Waals surface area contributed by atoms with Crippen molar-refractivity contribution in [2.45, 2.75) is 56.7 Å². The summed E-state index contributed by atoms with van der Waals surface area (Å²) in [5, 5.41) is 10.9. The summed E-state index contributed by atoms with van der Waals surface area (Å²) in [7, 11) is 0. The minimum atomic E-state index is -0.703. The smallest absolute Gasteiger partial charge is 0.334 e. The van der Waals surface area contributed by atoms with Gasteiger partial charge in [0.05, 0.1) is 12.2 Å². The van der Waals surface area contributed by atoms with Crippen LogP contribution in [0.1, 0.15) is 45.4 Å². The summed E-state index contributed by atoms with van der Waals surface area (Å²) >= 11 is 0. The Morgan fingerprint density at radius 1 is 1.25 bits per heavy atom. The van der Waals surface area contributed by atoms with Crippen molar-refractivity contribution in [2.75, 3.05) is 6.61 Å². The zero-order valence-electron chi connectivity index (χ0n) is 14.3. The van der Waals surface area contributed by atoms with Gasteiger partial charge in [-0.3, -0.25) is 0 Å². The highest BCUT2D eigenvalue weighted by atomic mass is 16.6. The molecule has 0 radical (unpaired) electrons. The van der Waals surface area contributed by atoms with Gasteiger partial charge < -0.3 is 14.6 Å². The van der Waals surface area contributed by atoms with Crippen LogP contribution in [0.4, 0.5) is 0 Å². The van der Waals surface area contributed by atoms with Crippen molar-refractivity contribution in [1.82, 2.24) is 0 Å². The summed E-state index contributed by atoms with van der Waals surface area (Å²) in [6, 6.07) is 0. The van der Waals surface area contributed by atoms with E-state index in [1.807, 2.05) is 6.92 Å². The quantitative estimate of drug-likeness (QED) is 0.597. The average molecular weight is 334 g/mol. The Morgan fingerprint density at radius 2 is 1.88 bits per heavy atom. The number of hydrogen-bond donors (Lipinski definition) is 1. The van der Waals surface area contributed by atoms with E-state index in [1.165, 1.54) is 0 Å². The average Bonchev–Trinajstić information content (AvgIpc) is 2.51. The third kappa shape index (κ3) is 2.90. The van der Waals surface area contributed by atoms with Crippen molar-refractivity contribution < 1.29 is 24.2 Å². The number of carbonyl (C=O) groups excluding carboxylic acids is 2. The standard InChI is InChI=1S/C19H26O5/c1-4-16(20)23-6-5-12(2)17(21)24-19-10-14-7-15(11-19)9-18(22,8-14)13(19)3/h4,13-15,22H,1-2,5-11H2,3H3. The molecule has 1 N–H and O–H groups in total. The molecule has 3 atom stereocenters. The monoisotopic (exact) mass is 334 g/mol. The van der Waals surface area contributed by atoms with Gasteiger partial charge in [-0.05, 0) is 43.9 Å². The lowest BCUT2D eigenvalue weighted by molar-refractivity contribution is -0.249. The lowest BCUT2D eigenvalue weighted by Gasteiger charge is -2.62. The lowest BCUT2D eigenvalue weighted by atomic mass is 9.48. The summed E-state index contributed by atoms with van der Waals surface area (Å²) in [5.41, 5.74) is -0.983. The number of esters is 2. The van der Waals surface area contributed by atoms with Gasteiger partial charge in [0.15, 0.2) is 0 Å². The Morgan fingerprint density at radius 3 is 2.46 bits per heavy atom. The van der Waals surface area contributed by atoms with Crippen LogP contribution >= 0.6 is 0 Å². The SMILES string of the molecule is C=CC(=O)OCCC(=C)C(=O)OC12CC3CC(CC(O)(C3)C1C)C2. The summed E-state index contributed by atoms with van der Waals surface area (Å²) < 4.78 is 10.8. The fourth-order valence-electron chi connectivity index (χ4n) is 5.15. The molecule has 0 heterocycles. The molecule has 132 valence electrons. The maximum absolute atomic E-state index is 12.5. The van der Waals surface area contributed by atoms with Crippen molar-refractivity contribution in [3.05, 3.63) is 24.8 Å². The van der Waals surface area contributed by atoms with E-state index in [2.05, 4.69) is 13.2 Å². The molecule has 0 spiro atoms. The van der Waals surface area contributed by atoms with E-state index in [9.17, 15) is 14.7 Å². The molecule has 4 bridgehead atoms. The highest BCUT2D eigenvalue weighted by Gasteiger charge is 2.63. The van der Waals surface area contributed by atoms with E-state index in [-0.39, 0.29) is 18.9 Å². The third-order valence-corrected chi connectivity index (χ3v) is 6.21. The highest BCUT2D eigenvalue weighted by molar-refractivity contribution is 5.88. The van der Waals surface area contributed by atoms with Gasteiger partial charge in [-0.1, -0.05) is 20.1 Å². The molecule has 0 aliphatic heterocycles. The van der Waals surface area contributed by atoms with Gasteiger partial charge in [-0.15, -0.1) is 0 Å². The molecule has 24 heavy (non-hydrogen) atoms. The summed E-state index contributed by atoms with van der Waals surface area (Å²) in [6.07, 6.45) is 5.76. The van der Waals surface area contributed by atoms with E-state index < -0.39 is 23.1 Å². The number of carbonyl (C=O) groups is 2. The van der Waals surface area contributed by atoms with Crippen LogP contribution in [-0.2, 0) is 19.1 Å². The van der Waals surface area contributed by atoms with Crippen LogP contribution in [-0.4, -0.2) is 34.9 Å². The second-order valence-electron chi connectivity index (χ2n) is 7.79. The van der Waals surface area contributed by atoms with Crippen molar-refractivity contribution in [1.29, 1.82) is 0 Å². The Balaban J connectivity index is 1.62. The van der Waals surface area contributed by atoms with Gasteiger partial charge in [-0.2, -0.15) is 0 Å². The molecule has 5 heteroatoms. The highest BCUT2D eigenvalue weighted by Crippen LogP contribution is 2.61. The normalized spacial score (nSPS) is 39.3. The van der Waals surface area contributed by atoms with Gasteiger partial charge in [0.2, 0.25) is 0 Å². The molecular weight excluding hydrogens is 308 g/mol. The molecule has 4 rings (SSSR count). The first-order valence-electron chi connectivity index (χ1n) is 8.71. The number of rotatable bonds is 6. The van der Waals surface area contributed by atoms with Crippen LogP contribution < -0.4 is 0 Å². The first-order valence-corrected chi connectivity index (χ1v) is 8.71. The Kier molecular flexibility index (Phi) is 4.32. The largest absolute Gasteiger partial charge is 0.462 e. The predicted octanol–water partition coefficient (Wildman–Crippen LogP) is 2.53. The van der Waals surface area contributed by atoms with Crippen molar-refractivity contribution in [3.8, 4) is 0 Å². The van der Waals surface area contributed by atoms with E-state index in [0.29, 0.717) is 17.4 Å². The van der Waals surface area contributed by atoms with Crippen LogP contribution in [0.25, 0.3) is 0 Å². The van der Waals surface area contributed by atoms with Crippen LogP contribution in [0, 0.1) is 17.8 Å². The van der Waals surface area contributed by atoms with Crippen LogP contribution in [0.5, 0.6) is 0 Å². The first kappa shape index (κ1) is 17.2. The van der Waals surface area contributed by atoms with E-state index in [4.69, 9.17) is 9.47 Å². The van der Waals surface area contributed by atoms with Crippen LogP contribution in [0.2, 0.25) is 0 Å². The van der Waals surface area contributed by atoms with Gasteiger partial charge in [0.25, 0.3) is 0 Å². The molecule has 0 amide bonds. The maximum Gasteiger partial charge on any atom is 0.334 e. The molecule has 4 aliphatic carbocycles. The minimum absolute atomic E-state index is 0.0619. The zero-order valence-corrected chi connectivity index (χ0v) is 14.3. The van der Waals surface area contributed by atoms with Gasteiger partial charge in [0, 0.05) is 24.0 Å². The minimum Gasteiger partial charge on any atom is -0.462 e. The fraction of sp³-hybridized carbons (Fsp3) is 0.684. The van der Waals surface area contributed by atoms with Crippen molar-refractivity contribution in [2.24, 2.45) is 17.8 Å². The predicted molar refractivity (Wildman–Crippen MR) is 87.9 cm³/mol. The third-order valence-electron chi connectivity index (χ3n) is 6.21. The summed E-state index contributed by atoms with van der Waals surface area (Å²) in [5.74, 6) is -0.148.